The Morgan fingerprint density at radius 2 is 1.90 bits per heavy atom. The van der Waals surface area contributed by atoms with E-state index < -0.39 is 10.0 Å². The number of thioether (sulfide) groups is 1. The van der Waals surface area contributed by atoms with Gasteiger partial charge in [0.2, 0.25) is 10.0 Å². The van der Waals surface area contributed by atoms with Crippen LogP contribution in [-0.4, -0.2) is 56.5 Å². The lowest BCUT2D eigenvalue weighted by Gasteiger charge is -2.19. The highest BCUT2D eigenvalue weighted by Gasteiger charge is 2.31. The number of hydrogen-bond donors (Lipinski definition) is 1. The number of benzene rings is 1. The summed E-state index contributed by atoms with van der Waals surface area (Å²) in [5, 5.41) is 0. The van der Waals surface area contributed by atoms with Gasteiger partial charge in [-0.1, -0.05) is 62.3 Å². The quantitative estimate of drug-likeness (QED) is 0.313. The summed E-state index contributed by atoms with van der Waals surface area (Å²) in [4.78, 5) is 16.8. The minimum absolute atomic E-state index is 0.137. The lowest BCUT2D eigenvalue weighted by atomic mass is 10.1. The number of carbonyl (C=O) groups is 1. The Morgan fingerprint density at radius 3 is 2.52 bits per heavy atom. The maximum atomic E-state index is 12.6. The van der Waals surface area contributed by atoms with E-state index in [4.69, 9.17) is 12.2 Å². The Labute approximate surface area is 183 Å². The minimum atomic E-state index is -3.29. The fraction of sp³-hybridized carbons (Fsp3) is 0.500. The van der Waals surface area contributed by atoms with E-state index in [0.29, 0.717) is 9.23 Å². The van der Waals surface area contributed by atoms with Gasteiger partial charge in [0.05, 0.1) is 11.2 Å². The summed E-state index contributed by atoms with van der Waals surface area (Å²) in [6.07, 6.45) is 7.86. The number of sulfonamides is 1. The SMILES string of the molecule is CCCCCCN(C)c1ccc(/C=C2\SC(=S)N(CCNS(C)(=O)=O)C2=O)cc1. The van der Waals surface area contributed by atoms with Crippen LogP contribution in [0.25, 0.3) is 6.08 Å². The summed E-state index contributed by atoms with van der Waals surface area (Å²) in [5.41, 5.74) is 2.08. The van der Waals surface area contributed by atoms with Crippen LogP contribution in [0.5, 0.6) is 0 Å². The monoisotopic (exact) mass is 455 g/mol. The fourth-order valence-corrected chi connectivity index (χ4v) is 4.69. The lowest BCUT2D eigenvalue weighted by molar-refractivity contribution is -0.122. The van der Waals surface area contributed by atoms with Gasteiger partial charge in [-0.05, 0) is 30.2 Å². The van der Waals surface area contributed by atoms with Crippen LogP contribution in [0.2, 0.25) is 0 Å². The van der Waals surface area contributed by atoms with E-state index in [2.05, 4.69) is 35.7 Å². The standard InChI is InChI=1S/C20H29N3O3S3/c1-4-5-6-7-13-22(2)17-10-8-16(9-11-17)15-18-19(24)23(20(27)28-18)14-12-21-29(3,25)26/h8-11,15,21H,4-7,12-14H2,1-3H3/b18-15-. The Morgan fingerprint density at radius 1 is 1.21 bits per heavy atom. The van der Waals surface area contributed by atoms with Gasteiger partial charge in [-0.3, -0.25) is 9.69 Å². The molecule has 6 nitrogen and oxygen atoms in total. The Bertz CT molecular complexity index is 851. The molecule has 0 bridgehead atoms. The largest absolute Gasteiger partial charge is 0.375 e. The number of hydrogen-bond acceptors (Lipinski definition) is 6. The molecule has 2 rings (SSSR count). The highest BCUT2D eigenvalue weighted by Crippen LogP contribution is 2.32. The lowest BCUT2D eigenvalue weighted by Crippen LogP contribution is -2.36. The van der Waals surface area contributed by atoms with Crippen LogP contribution in [0.1, 0.15) is 38.2 Å². The molecule has 0 radical (unpaired) electrons. The molecule has 1 heterocycles. The van der Waals surface area contributed by atoms with Crippen LogP contribution in [-0.2, 0) is 14.8 Å². The highest BCUT2D eigenvalue weighted by molar-refractivity contribution is 8.26. The molecule has 1 aliphatic heterocycles. The molecule has 0 atom stereocenters. The second-order valence-corrected chi connectivity index (χ2v) is 10.6. The smallest absolute Gasteiger partial charge is 0.266 e. The van der Waals surface area contributed by atoms with Crippen molar-refractivity contribution in [1.82, 2.24) is 9.62 Å². The average molecular weight is 456 g/mol. The molecule has 0 spiro atoms. The zero-order valence-corrected chi connectivity index (χ0v) is 19.6. The van der Waals surface area contributed by atoms with E-state index in [9.17, 15) is 13.2 Å². The molecule has 9 heteroatoms. The van der Waals surface area contributed by atoms with Crippen LogP contribution < -0.4 is 9.62 Å². The van der Waals surface area contributed by atoms with E-state index in [0.717, 1.165) is 24.1 Å². The Hall–Kier alpha value is -1.42. The number of amides is 1. The van der Waals surface area contributed by atoms with Crippen LogP contribution in [0, 0.1) is 0 Å². The van der Waals surface area contributed by atoms with Crippen LogP contribution in [0.3, 0.4) is 0 Å². The third kappa shape index (κ3) is 7.73. The number of unbranched alkanes of at least 4 members (excludes halogenated alkanes) is 3. The highest BCUT2D eigenvalue weighted by atomic mass is 32.2. The molecule has 1 saturated heterocycles. The number of nitrogens with one attached hydrogen (secondary N) is 1. The van der Waals surface area contributed by atoms with E-state index in [1.54, 1.807) is 0 Å². The Balaban J connectivity index is 1.95. The van der Waals surface area contributed by atoms with Crippen LogP contribution in [0.15, 0.2) is 29.2 Å². The molecule has 1 aromatic carbocycles. The predicted molar refractivity (Wildman–Crippen MR) is 127 cm³/mol. The topological polar surface area (TPSA) is 69.7 Å². The summed E-state index contributed by atoms with van der Waals surface area (Å²) in [6, 6.07) is 8.11. The molecular weight excluding hydrogens is 426 g/mol. The van der Waals surface area contributed by atoms with Crippen molar-refractivity contribution in [3.05, 3.63) is 34.7 Å². The van der Waals surface area contributed by atoms with Crippen molar-refractivity contribution in [2.75, 3.05) is 37.8 Å². The van der Waals surface area contributed by atoms with Crippen molar-refractivity contribution >= 4 is 56.0 Å². The summed E-state index contributed by atoms with van der Waals surface area (Å²) >= 11 is 6.52. The zero-order chi connectivity index (χ0) is 21.4. The predicted octanol–water partition coefficient (Wildman–Crippen LogP) is 3.45. The molecule has 1 aromatic rings. The van der Waals surface area contributed by atoms with E-state index >= 15 is 0 Å². The number of carbonyl (C=O) groups excluding carboxylic acids is 1. The van der Waals surface area contributed by atoms with E-state index in [-0.39, 0.29) is 19.0 Å². The van der Waals surface area contributed by atoms with Gasteiger partial charge in [0.1, 0.15) is 4.32 Å². The van der Waals surface area contributed by atoms with Crippen molar-refractivity contribution in [1.29, 1.82) is 0 Å². The molecule has 1 N–H and O–H groups in total. The molecular formula is C20H29N3O3S3. The molecule has 29 heavy (non-hydrogen) atoms. The first-order valence-corrected chi connectivity index (χ1v) is 12.8. The number of anilines is 1. The van der Waals surface area contributed by atoms with Crippen molar-refractivity contribution in [2.45, 2.75) is 32.6 Å². The van der Waals surface area contributed by atoms with Crippen molar-refractivity contribution in [3.63, 3.8) is 0 Å². The summed E-state index contributed by atoms with van der Waals surface area (Å²) < 4.78 is 25.2. The maximum Gasteiger partial charge on any atom is 0.266 e. The molecule has 0 aliphatic carbocycles. The molecule has 1 aliphatic rings. The molecule has 1 amide bonds. The van der Waals surface area contributed by atoms with Crippen LogP contribution >= 0.6 is 24.0 Å². The second-order valence-electron chi connectivity index (χ2n) is 7.07. The fourth-order valence-electron chi connectivity index (χ4n) is 2.92. The van der Waals surface area contributed by atoms with Gasteiger partial charge in [-0.25, -0.2) is 13.1 Å². The van der Waals surface area contributed by atoms with E-state index in [1.807, 2.05) is 18.2 Å². The van der Waals surface area contributed by atoms with E-state index in [1.165, 1.54) is 42.3 Å². The first-order valence-electron chi connectivity index (χ1n) is 9.72. The Kier molecular flexibility index (Phi) is 9.13. The molecule has 0 unspecified atom stereocenters. The number of thiocarbonyl (C=S) groups is 1. The zero-order valence-electron chi connectivity index (χ0n) is 17.2. The second kappa shape index (κ2) is 11.1. The first-order chi connectivity index (χ1) is 13.7. The van der Waals surface area contributed by atoms with Gasteiger partial charge < -0.3 is 4.90 Å². The van der Waals surface area contributed by atoms with Crippen molar-refractivity contribution < 1.29 is 13.2 Å². The summed E-state index contributed by atoms with van der Waals surface area (Å²) in [5.74, 6) is -0.188. The minimum Gasteiger partial charge on any atom is -0.375 e. The molecule has 160 valence electrons. The van der Waals surface area contributed by atoms with Gasteiger partial charge in [-0.2, -0.15) is 0 Å². The van der Waals surface area contributed by atoms with Gasteiger partial charge in [-0.15, -0.1) is 0 Å². The first kappa shape index (κ1) is 23.9. The van der Waals surface area contributed by atoms with Gasteiger partial charge in [0.15, 0.2) is 0 Å². The average Bonchev–Trinajstić information content (AvgIpc) is 2.92. The normalized spacial score (nSPS) is 16.1. The van der Waals surface area contributed by atoms with Gasteiger partial charge in [0, 0.05) is 32.4 Å². The van der Waals surface area contributed by atoms with Crippen molar-refractivity contribution in [3.8, 4) is 0 Å². The third-order valence-electron chi connectivity index (χ3n) is 4.55. The molecule has 0 aromatic heterocycles. The number of nitrogens with zero attached hydrogens (tertiary/aromatic N) is 2. The van der Waals surface area contributed by atoms with Gasteiger partial charge >= 0.3 is 0 Å². The van der Waals surface area contributed by atoms with Crippen LogP contribution in [0.4, 0.5) is 5.69 Å². The summed E-state index contributed by atoms with van der Waals surface area (Å²) in [6.45, 7) is 3.59. The molecule has 0 saturated carbocycles. The summed E-state index contributed by atoms with van der Waals surface area (Å²) in [7, 11) is -1.20. The third-order valence-corrected chi connectivity index (χ3v) is 6.66. The van der Waals surface area contributed by atoms with Gasteiger partial charge in [0.25, 0.3) is 5.91 Å². The molecule has 1 fully saturated rings. The maximum absolute atomic E-state index is 12.6. The van der Waals surface area contributed by atoms with Crippen molar-refractivity contribution in [2.24, 2.45) is 0 Å². The number of rotatable bonds is 11.